The van der Waals surface area contributed by atoms with E-state index in [1.54, 1.807) is 19.3 Å². The predicted molar refractivity (Wildman–Crippen MR) is 86.0 cm³/mol. The van der Waals surface area contributed by atoms with Gasteiger partial charge in [0.15, 0.2) is 11.5 Å². The van der Waals surface area contributed by atoms with E-state index in [9.17, 15) is 9.60 Å². The number of amidine groups is 1. The first-order chi connectivity index (χ1) is 11.1. The van der Waals surface area contributed by atoms with Crippen molar-refractivity contribution in [1.82, 2.24) is 20.4 Å². The second-order valence-electron chi connectivity index (χ2n) is 4.56. The molecule has 0 fully saturated rings. The fraction of sp³-hybridized carbons (Fsp3) is 0.0714. The lowest BCUT2D eigenvalue weighted by Crippen LogP contribution is -2.20. The van der Waals surface area contributed by atoms with Crippen molar-refractivity contribution in [3.8, 4) is 0 Å². The Morgan fingerprint density at radius 1 is 1.39 bits per heavy atom. The van der Waals surface area contributed by atoms with Gasteiger partial charge < -0.3 is 10.3 Å². The number of fused-ring (bicyclic) bond motifs is 1. The van der Waals surface area contributed by atoms with Gasteiger partial charge in [-0.3, -0.25) is 10.7 Å². The van der Waals surface area contributed by atoms with Gasteiger partial charge in [-0.05, 0) is 24.3 Å². The maximum absolute atomic E-state index is 13.2. The molecule has 0 aliphatic carbocycles. The van der Waals surface area contributed by atoms with Crippen molar-refractivity contribution in [1.29, 1.82) is 0 Å². The van der Waals surface area contributed by atoms with E-state index in [4.69, 9.17) is 11.6 Å². The number of imidazole rings is 1. The predicted octanol–water partition coefficient (Wildman–Crippen LogP) is 2.85. The van der Waals surface area contributed by atoms with Crippen LogP contribution in [0.1, 0.15) is 5.56 Å². The van der Waals surface area contributed by atoms with Gasteiger partial charge in [0, 0.05) is 18.8 Å². The smallest absolute Gasteiger partial charge is 0.202 e. The number of nitrogens with one attached hydrogen (secondary N) is 3. The lowest BCUT2D eigenvalue weighted by Gasteiger charge is -2.06. The largest absolute Gasteiger partial charge is 0.359 e. The Morgan fingerprint density at radius 3 is 2.91 bits per heavy atom. The summed E-state index contributed by atoms with van der Waals surface area (Å²) in [6.07, 6.45) is 1.54. The summed E-state index contributed by atoms with van der Waals surface area (Å²) >= 11 is 5.74. The topological polar surface area (TPSA) is 98.2 Å². The molecule has 7 nitrogen and oxygen atoms in total. The summed E-state index contributed by atoms with van der Waals surface area (Å²) in [6.45, 7) is 0. The third kappa shape index (κ3) is 2.94. The average molecular weight is 335 g/mol. The molecule has 0 atom stereocenters. The molecule has 0 unspecified atom stereocenters. The van der Waals surface area contributed by atoms with Gasteiger partial charge in [-0.25, -0.2) is 14.4 Å². The molecule has 9 heteroatoms. The monoisotopic (exact) mass is 334 g/mol. The molecule has 0 aliphatic heterocycles. The van der Waals surface area contributed by atoms with E-state index in [0.29, 0.717) is 28.4 Å². The quantitative estimate of drug-likeness (QED) is 0.335. The number of aliphatic imine (C=N–C) groups is 1. The normalized spacial score (nSPS) is 11.7. The lowest BCUT2D eigenvalue weighted by molar-refractivity contribution is 0.235. The first-order valence-corrected chi connectivity index (χ1v) is 6.97. The second kappa shape index (κ2) is 6.19. The van der Waals surface area contributed by atoms with Crippen LogP contribution in [0.3, 0.4) is 0 Å². The van der Waals surface area contributed by atoms with Crippen molar-refractivity contribution in [2.24, 2.45) is 4.99 Å². The molecular weight excluding hydrogens is 323 g/mol. The number of hydroxylamine groups is 1. The number of hydrogen-bond donors (Lipinski definition) is 4. The Morgan fingerprint density at radius 2 is 2.22 bits per heavy atom. The summed E-state index contributed by atoms with van der Waals surface area (Å²) in [7, 11) is 1.72. The van der Waals surface area contributed by atoms with E-state index in [1.807, 2.05) is 5.48 Å². The number of aromatic nitrogens is 3. The van der Waals surface area contributed by atoms with E-state index >= 15 is 0 Å². The zero-order chi connectivity index (χ0) is 16.4. The highest BCUT2D eigenvalue weighted by molar-refractivity contribution is 6.31. The molecule has 3 aromatic rings. The molecule has 0 amide bonds. The van der Waals surface area contributed by atoms with Crippen molar-refractivity contribution in [2.75, 3.05) is 12.4 Å². The van der Waals surface area contributed by atoms with Crippen molar-refractivity contribution >= 4 is 40.2 Å². The highest BCUT2D eigenvalue weighted by Crippen LogP contribution is 2.23. The summed E-state index contributed by atoms with van der Waals surface area (Å²) in [5, 5.41) is 12.3. The second-order valence-corrected chi connectivity index (χ2v) is 4.97. The number of anilines is 1. The van der Waals surface area contributed by atoms with Gasteiger partial charge in [0.1, 0.15) is 5.82 Å². The number of rotatable bonds is 3. The number of aromatic amines is 1. The molecule has 4 N–H and O–H groups in total. The SMILES string of the molecule is CNc1nc2nccc(C(=Nc3ccc(F)c(Cl)c3)NO)c2[nH]1. The van der Waals surface area contributed by atoms with Crippen LogP contribution < -0.4 is 10.8 Å². The highest BCUT2D eigenvalue weighted by atomic mass is 35.5. The van der Waals surface area contributed by atoms with Crippen LogP contribution in [0, 0.1) is 5.82 Å². The maximum Gasteiger partial charge on any atom is 0.202 e. The molecule has 0 saturated carbocycles. The van der Waals surface area contributed by atoms with E-state index in [1.165, 1.54) is 18.2 Å². The molecule has 118 valence electrons. The number of benzene rings is 1. The minimum absolute atomic E-state index is 0.0533. The molecule has 3 rings (SSSR count). The first-order valence-electron chi connectivity index (χ1n) is 6.59. The lowest BCUT2D eigenvalue weighted by atomic mass is 10.2. The third-order valence-corrected chi connectivity index (χ3v) is 3.42. The van der Waals surface area contributed by atoms with E-state index in [0.717, 1.165) is 0 Å². The Labute approximate surface area is 135 Å². The number of pyridine rings is 1. The fourth-order valence-electron chi connectivity index (χ4n) is 2.06. The van der Waals surface area contributed by atoms with Gasteiger partial charge in [0.2, 0.25) is 5.95 Å². The molecule has 0 saturated heterocycles. The first kappa shape index (κ1) is 15.2. The van der Waals surface area contributed by atoms with Gasteiger partial charge in [0.25, 0.3) is 0 Å². The molecule has 0 aliphatic rings. The standard InChI is InChI=1S/C14H12ClFN6O/c1-17-14-20-11-8(4-5-18-13(11)21-14)12(22-23)19-7-2-3-10(16)9(15)6-7/h2-6,23H,1H3,(H,19,22)(H2,17,18,20,21). The highest BCUT2D eigenvalue weighted by Gasteiger charge is 2.13. The summed E-state index contributed by atoms with van der Waals surface area (Å²) in [5.41, 5.74) is 4.02. The number of halogens is 2. The van der Waals surface area contributed by atoms with E-state index < -0.39 is 5.82 Å². The van der Waals surface area contributed by atoms with Gasteiger partial charge in [0.05, 0.1) is 16.2 Å². The molecule has 2 aromatic heterocycles. The fourth-order valence-corrected chi connectivity index (χ4v) is 2.23. The molecule has 23 heavy (non-hydrogen) atoms. The van der Waals surface area contributed by atoms with Crippen LogP contribution in [-0.4, -0.2) is 33.0 Å². The third-order valence-electron chi connectivity index (χ3n) is 3.13. The molecule has 0 bridgehead atoms. The Bertz CT molecular complexity index is 894. The molecular formula is C14H12ClFN6O. The van der Waals surface area contributed by atoms with E-state index in [2.05, 4.69) is 25.3 Å². The summed E-state index contributed by atoms with van der Waals surface area (Å²) < 4.78 is 13.2. The summed E-state index contributed by atoms with van der Waals surface area (Å²) in [4.78, 5) is 15.6. The Balaban J connectivity index is 2.11. The minimum atomic E-state index is -0.539. The van der Waals surface area contributed by atoms with Crippen LogP contribution in [0.15, 0.2) is 35.5 Å². The number of nitrogens with zero attached hydrogens (tertiary/aromatic N) is 3. The molecule has 0 radical (unpaired) electrons. The van der Waals surface area contributed by atoms with Crippen LogP contribution in [0.4, 0.5) is 16.0 Å². The molecule has 1 aromatic carbocycles. The van der Waals surface area contributed by atoms with Crippen molar-refractivity contribution in [3.63, 3.8) is 0 Å². The van der Waals surface area contributed by atoms with Crippen molar-refractivity contribution in [3.05, 3.63) is 46.9 Å². The van der Waals surface area contributed by atoms with Crippen molar-refractivity contribution in [2.45, 2.75) is 0 Å². The van der Waals surface area contributed by atoms with Crippen LogP contribution in [0.5, 0.6) is 0 Å². The van der Waals surface area contributed by atoms with Crippen LogP contribution in [-0.2, 0) is 0 Å². The van der Waals surface area contributed by atoms with Gasteiger partial charge >= 0.3 is 0 Å². The zero-order valence-corrected chi connectivity index (χ0v) is 12.7. The minimum Gasteiger partial charge on any atom is -0.359 e. The molecule has 0 spiro atoms. The zero-order valence-electron chi connectivity index (χ0n) is 11.9. The van der Waals surface area contributed by atoms with Crippen LogP contribution in [0.25, 0.3) is 11.2 Å². The Hall–Kier alpha value is -2.71. The van der Waals surface area contributed by atoms with Gasteiger partial charge in [-0.1, -0.05) is 11.6 Å². The van der Waals surface area contributed by atoms with Gasteiger partial charge in [-0.15, -0.1) is 0 Å². The summed E-state index contributed by atoms with van der Waals surface area (Å²) in [5.74, 6) is 0.135. The summed E-state index contributed by atoms with van der Waals surface area (Å²) in [6, 6.07) is 5.67. The number of hydrogen-bond acceptors (Lipinski definition) is 5. The van der Waals surface area contributed by atoms with Crippen molar-refractivity contribution < 1.29 is 9.60 Å². The average Bonchev–Trinajstić information content (AvgIpc) is 2.99. The molecule has 2 heterocycles. The van der Waals surface area contributed by atoms with Crippen LogP contribution >= 0.6 is 11.6 Å². The maximum atomic E-state index is 13.2. The number of H-pyrrole nitrogens is 1. The van der Waals surface area contributed by atoms with E-state index in [-0.39, 0.29) is 10.9 Å². The Kier molecular flexibility index (Phi) is 4.09. The van der Waals surface area contributed by atoms with Crippen LogP contribution in [0.2, 0.25) is 5.02 Å². The van der Waals surface area contributed by atoms with Gasteiger partial charge in [-0.2, -0.15) is 4.98 Å².